The van der Waals surface area contributed by atoms with E-state index in [9.17, 15) is 8.42 Å². The summed E-state index contributed by atoms with van der Waals surface area (Å²) in [5.74, 6) is 0. The highest BCUT2D eigenvalue weighted by atomic mass is 35.5. The van der Waals surface area contributed by atoms with Crippen molar-refractivity contribution in [3.05, 3.63) is 46.4 Å². The van der Waals surface area contributed by atoms with E-state index in [-0.39, 0.29) is 5.03 Å². The van der Waals surface area contributed by atoms with Gasteiger partial charge in [0.25, 0.3) is 10.0 Å². The van der Waals surface area contributed by atoms with Crippen molar-refractivity contribution >= 4 is 44.1 Å². The summed E-state index contributed by atoms with van der Waals surface area (Å²) in [6.45, 7) is 0. The van der Waals surface area contributed by atoms with E-state index in [2.05, 4.69) is 9.82 Å². The van der Waals surface area contributed by atoms with Gasteiger partial charge >= 0.3 is 0 Å². The van der Waals surface area contributed by atoms with Crippen molar-refractivity contribution in [2.45, 2.75) is 5.03 Å². The van der Waals surface area contributed by atoms with Gasteiger partial charge in [-0.25, -0.2) is 13.1 Å². The van der Waals surface area contributed by atoms with Gasteiger partial charge in [-0.2, -0.15) is 5.10 Å². The number of rotatable bonds is 3. The lowest BCUT2D eigenvalue weighted by atomic mass is 10.0. The minimum absolute atomic E-state index is 0.113. The Hall–Kier alpha value is -1.60. The molecule has 1 aromatic heterocycles. The van der Waals surface area contributed by atoms with Gasteiger partial charge in [0.1, 0.15) is 5.52 Å². The van der Waals surface area contributed by atoms with Gasteiger partial charge in [0.05, 0.1) is 0 Å². The molecule has 8 heteroatoms. The lowest BCUT2D eigenvalue weighted by molar-refractivity contribution is 0.571. The van der Waals surface area contributed by atoms with Crippen LogP contribution in [0.2, 0.25) is 10.0 Å². The predicted molar refractivity (Wildman–Crippen MR) is 92.4 cm³/mol. The molecule has 0 fully saturated rings. The van der Waals surface area contributed by atoms with Gasteiger partial charge in [-0.1, -0.05) is 41.4 Å². The first kappa shape index (κ1) is 16.3. The van der Waals surface area contributed by atoms with E-state index in [4.69, 9.17) is 23.2 Å². The van der Waals surface area contributed by atoms with Crippen LogP contribution in [0, 0.1) is 0 Å². The van der Waals surface area contributed by atoms with Crippen LogP contribution in [0.3, 0.4) is 0 Å². The largest absolute Gasteiger partial charge is 0.258 e. The Morgan fingerprint density at radius 2 is 1.87 bits per heavy atom. The van der Waals surface area contributed by atoms with Gasteiger partial charge in [0.2, 0.25) is 0 Å². The van der Waals surface area contributed by atoms with Crippen molar-refractivity contribution < 1.29 is 8.42 Å². The average Bonchev–Trinajstić information content (AvgIpc) is 2.84. The van der Waals surface area contributed by atoms with Gasteiger partial charge in [0, 0.05) is 33.6 Å². The third-order valence-electron chi connectivity index (χ3n) is 3.55. The number of sulfonamides is 1. The van der Waals surface area contributed by atoms with E-state index in [0.29, 0.717) is 20.9 Å². The normalized spacial score (nSPS) is 12.0. The van der Waals surface area contributed by atoms with E-state index in [0.717, 1.165) is 11.1 Å². The molecule has 0 spiro atoms. The zero-order valence-corrected chi connectivity index (χ0v) is 14.7. The Morgan fingerprint density at radius 1 is 1.13 bits per heavy atom. The maximum atomic E-state index is 12.2. The lowest BCUT2D eigenvalue weighted by Gasteiger charge is -2.06. The third kappa shape index (κ3) is 2.72. The van der Waals surface area contributed by atoms with Crippen LogP contribution >= 0.6 is 23.2 Å². The number of hydrogen-bond donors (Lipinski definition) is 1. The van der Waals surface area contributed by atoms with Gasteiger partial charge in [-0.05, 0) is 25.2 Å². The Bertz CT molecular complexity index is 1010. The molecule has 2 aromatic carbocycles. The Labute approximate surface area is 143 Å². The summed E-state index contributed by atoms with van der Waals surface area (Å²) in [5.41, 5.74) is 2.05. The predicted octanol–water partition coefficient (Wildman–Crippen LogP) is 3.46. The molecule has 0 radical (unpaired) electrons. The molecule has 5 nitrogen and oxygen atoms in total. The molecule has 23 heavy (non-hydrogen) atoms. The van der Waals surface area contributed by atoms with Gasteiger partial charge in [-0.3, -0.25) is 4.68 Å². The number of nitrogens with one attached hydrogen (secondary N) is 1. The zero-order chi connectivity index (χ0) is 16.8. The second-order valence-electron chi connectivity index (χ2n) is 4.96. The van der Waals surface area contributed by atoms with E-state index < -0.39 is 10.0 Å². The molecule has 0 saturated carbocycles. The topological polar surface area (TPSA) is 64.0 Å². The Balaban J connectivity index is 2.36. The maximum Gasteiger partial charge on any atom is 0.258 e. The first-order valence-electron chi connectivity index (χ1n) is 6.70. The molecule has 1 heterocycles. The fourth-order valence-corrected chi connectivity index (χ4v) is 4.08. The fraction of sp³-hybridized carbons (Fsp3) is 0.133. The van der Waals surface area contributed by atoms with E-state index in [1.165, 1.54) is 11.7 Å². The molecule has 3 rings (SSSR count). The molecule has 0 aliphatic carbocycles. The molecule has 0 aliphatic rings. The molecular weight excluding hydrogens is 357 g/mol. The van der Waals surface area contributed by atoms with Crippen molar-refractivity contribution in [1.29, 1.82) is 0 Å². The monoisotopic (exact) mass is 369 g/mol. The molecule has 0 atom stereocenters. The summed E-state index contributed by atoms with van der Waals surface area (Å²) < 4.78 is 28.2. The second-order valence-corrected chi connectivity index (χ2v) is 7.61. The highest BCUT2D eigenvalue weighted by Gasteiger charge is 2.23. The second kappa shape index (κ2) is 5.79. The molecule has 0 amide bonds. The van der Waals surface area contributed by atoms with Crippen LogP contribution in [-0.2, 0) is 17.1 Å². The van der Waals surface area contributed by atoms with Crippen LogP contribution in [0.1, 0.15) is 0 Å². The van der Waals surface area contributed by atoms with Crippen LogP contribution in [-0.4, -0.2) is 25.2 Å². The Kier molecular flexibility index (Phi) is 4.10. The number of halogens is 2. The number of hydrogen-bond acceptors (Lipinski definition) is 3. The van der Waals surface area contributed by atoms with Crippen molar-refractivity contribution in [1.82, 2.24) is 14.5 Å². The highest BCUT2D eigenvalue weighted by molar-refractivity contribution is 7.89. The zero-order valence-electron chi connectivity index (χ0n) is 12.3. The highest BCUT2D eigenvalue weighted by Crippen LogP contribution is 2.36. The minimum atomic E-state index is -3.63. The number of nitrogens with zero attached hydrogens (tertiary/aromatic N) is 2. The van der Waals surface area contributed by atoms with Crippen molar-refractivity contribution in [3.63, 3.8) is 0 Å². The molecule has 3 aromatic rings. The third-order valence-corrected chi connectivity index (χ3v) is 5.63. The molecule has 0 saturated heterocycles. The van der Waals surface area contributed by atoms with Crippen molar-refractivity contribution in [3.8, 4) is 11.1 Å². The van der Waals surface area contributed by atoms with E-state index in [1.54, 1.807) is 37.4 Å². The summed E-state index contributed by atoms with van der Waals surface area (Å²) in [7, 11) is -0.668. The van der Waals surface area contributed by atoms with Crippen molar-refractivity contribution in [2.75, 3.05) is 7.05 Å². The average molecular weight is 370 g/mol. The molecule has 0 unspecified atom stereocenters. The SMILES string of the molecule is CNS(=O)(=O)c1c2cccc(-c3ccc(Cl)cc3Cl)c2nn1C. The summed E-state index contributed by atoms with van der Waals surface area (Å²) >= 11 is 12.2. The summed E-state index contributed by atoms with van der Waals surface area (Å²) in [5, 5.41) is 6.03. The van der Waals surface area contributed by atoms with Crippen LogP contribution < -0.4 is 4.72 Å². The maximum absolute atomic E-state index is 12.2. The summed E-state index contributed by atoms with van der Waals surface area (Å²) in [6.07, 6.45) is 0. The molecule has 0 aliphatic heterocycles. The fourth-order valence-electron chi connectivity index (χ4n) is 2.53. The number of aryl methyl sites for hydroxylation is 1. The quantitative estimate of drug-likeness (QED) is 0.768. The first-order chi connectivity index (χ1) is 10.8. The van der Waals surface area contributed by atoms with Crippen LogP contribution in [0.25, 0.3) is 22.0 Å². The van der Waals surface area contributed by atoms with Gasteiger partial charge in [-0.15, -0.1) is 0 Å². The molecular formula is C15H13Cl2N3O2S. The summed E-state index contributed by atoms with van der Waals surface area (Å²) in [4.78, 5) is 0. The number of benzene rings is 2. The Morgan fingerprint density at radius 3 is 2.52 bits per heavy atom. The van der Waals surface area contributed by atoms with Gasteiger partial charge in [0.15, 0.2) is 5.03 Å². The summed E-state index contributed by atoms with van der Waals surface area (Å²) in [6, 6.07) is 10.5. The van der Waals surface area contributed by atoms with Gasteiger partial charge < -0.3 is 0 Å². The molecule has 0 bridgehead atoms. The van der Waals surface area contributed by atoms with Crippen LogP contribution in [0.5, 0.6) is 0 Å². The standard InChI is InChI=1S/C15H13Cl2N3O2S/c1-18-23(21,22)15-12-5-3-4-11(14(12)19-20(15)2)10-7-6-9(16)8-13(10)17/h3-8,18H,1-2H3. The lowest BCUT2D eigenvalue weighted by Crippen LogP contribution is -2.21. The van der Waals surface area contributed by atoms with E-state index in [1.807, 2.05) is 6.07 Å². The first-order valence-corrected chi connectivity index (χ1v) is 8.94. The molecule has 1 N–H and O–H groups in total. The molecule has 120 valence electrons. The number of aromatic nitrogens is 2. The number of fused-ring (bicyclic) bond motifs is 1. The smallest absolute Gasteiger partial charge is 0.255 e. The van der Waals surface area contributed by atoms with E-state index >= 15 is 0 Å². The van der Waals surface area contributed by atoms with Crippen LogP contribution in [0.4, 0.5) is 0 Å². The minimum Gasteiger partial charge on any atom is -0.255 e. The van der Waals surface area contributed by atoms with Crippen molar-refractivity contribution in [2.24, 2.45) is 7.05 Å². The van der Waals surface area contributed by atoms with Crippen LogP contribution in [0.15, 0.2) is 41.4 Å².